The molecule has 3 aromatic carbocycles. The fraction of sp³-hybridized carbons (Fsp3) is 0.324. The largest absolute Gasteiger partial charge is 0.508 e. The van der Waals surface area contributed by atoms with E-state index in [9.17, 15) is 19.5 Å². The maximum absolute atomic E-state index is 14.5. The molecule has 0 aliphatic heterocycles. The number of amides is 3. The third kappa shape index (κ3) is 8.46. The minimum absolute atomic E-state index is 0.0959. The highest BCUT2D eigenvalue weighted by atomic mass is 16.6. The number of phenolic OH excluding ortho intramolecular Hbond substituents is 1. The van der Waals surface area contributed by atoms with Crippen LogP contribution < -0.4 is 10.6 Å². The first-order chi connectivity index (χ1) is 20.0. The van der Waals surface area contributed by atoms with Gasteiger partial charge in [-0.25, -0.2) is 4.79 Å². The predicted molar refractivity (Wildman–Crippen MR) is 162 cm³/mol. The smallest absolute Gasteiger partial charge is 0.408 e. The number of benzene rings is 3. The van der Waals surface area contributed by atoms with Crippen LogP contribution in [0.4, 0.5) is 4.79 Å². The molecule has 3 aromatic rings. The molecule has 4 rings (SSSR count). The molecule has 0 aromatic heterocycles. The van der Waals surface area contributed by atoms with Crippen molar-refractivity contribution in [2.75, 3.05) is 0 Å². The zero-order valence-electron chi connectivity index (χ0n) is 24.4. The number of nitrogens with zero attached hydrogens (tertiary/aromatic N) is 1. The lowest BCUT2D eigenvalue weighted by atomic mass is 9.98. The van der Waals surface area contributed by atoms with Gasteiger partial charge in [-0.1, -0.05) is 73.3 Å². The Morgan fingerprint density at radius 3 is 2.31 bits per heavy atom. The van der Waals surface area contributed by atoms with E-state index in [-0.39, 0.29) is 30.0 Å². The summed E-state index contributed by atoms with van der Waals surface area (Å²) in [5.74, 6) is -0.611. The number of rotatable bonds is 11. The van der Waals surface area contributed by atoms with Gasteiger partial charge in [0.2, 0.25) is 11.8 Å². The first-order valence-electron chi connectivity index (χ1n) is 14.2. The number of hydrogen-bond donors (Lipinski definition) is 3. The van der Waals surface area contributed by atoms with Crippen molar-refractivity contribution in [3.8, 4) is 5.75 Å². The molecule has 0 radical (unpaired) electrons. The summed E-state index contributed by atoms with van der Waals surface area (Å²) in [6.07, 6.45) is 2.60. The lowest BCUT2D eigenvalue weighted by Gasteiger charge is -2.35. The van der Waals surface area contributed by atoms with Gasteiger partial charge in [0, 0.05) is 19.0 Å². The highest BCUT2D eigenvalue weighted by Crippen LogP contribution is 2.36. The summed E-state index contributed by atoms with van der Waals surface area (Å²) in [7, 11) is 0. The summed E-state index contributed by atoms with van der Waals surface area (Å²) in [5.41, 5.74) is 2.38. The van der Waals surface area contributed by atoms with Gasteiger partial charge in [-0.15, -0.1) is 0 Å². The molecule has 2 atom stereocenters. The average molecular weight is 570 g/mol. The van der Waals surface area contributed by atoms with Crippen LogP contribution in [0.1, 0.15) is 61.9 Å². The van der Waals surface area contributed by atoms with Crippen LogP contribution in [-0.4, -0.2) is 45.6 Å². The molecule has 1 fully saturated rings. The minimum atomic E-state index is -1.02. The van der Waals surface area contributed by atoms with E-state index in [1.807, 2.05) is 54.6 Å². The zero-order valence-corrected chi connectivity index (χ0v) is 24.4. The van der Waals surface area contributed by atoms with Crippen LogP contribution in [-0.2, 0) is 27.3 Å². The van der Waals surface area contributed by atoms with Crippen molar-refractivity contribution in [2.24, 2.45) is 0 Å². The molecule has 2 unspecified atom stereocenters. The molecule has 0 spiro atoms. The van der Waals surface area contributed by atoms with E-state index in [1.54, 1.807) is 43.9 Å². The van der Waals surface area contributed by atoms with Gasteiger partial charge in [-0.2, -0.15) is 0 Å². The SMILES string of the molecule is C=Cc1cccc(C(C(=O)NCc2ccccc2)N(C(=O)C(Cc2ccc(O)cc2)NC(=O)OC(C)(C)C)C2CC2)c1. The molecule has 0 saturated heterocycles. The monoisotopic (exact) mass is 569 g/mol. The van der Waals surface area contributed by atoms with Crippen LogP contribution in [0.2, 0.25) is 0 Å². The molecule has 1 aliphatic carbocycles. The fourth-order valence-electron chi connectivity index (χ4n) is 4.74. The number of carbonyl (C=O) groups is 3. The highest BCUT2D eigenvalue weighted by molar-refractivity contribution is 5.93. The summed E-state index contributed by atoms with van der Waals surface area (Å²) in [5, 5.41) is 15.5. The van der Waals surface area contributed by atoms with Crippen LogP contribution in [0.5, 0.6) is 5.75 Å². The van der Waals surface area contributed by atoms with Crippen molar-refractivity contribution >= 4 is 24.0 Å². The Morgan fingerprint density at radius 2 is 1.69 bits per heavy atom. The van der Waals surface area contributed by atoms with Gasteiger partial charge in [0.1, 0.15) is 23.4 Å². The molecule has 42 heavy (non-hydrogen) atoms. The normalized spacial score (nSPS) is 14.3. The lowest BCUT2D eigenvalue weighted by Crippen LogP contribution is -2.54. The number of hydrogen-bond acceptors (Lipinski definition) is 5. The number of alkyl carbamates (subject to hydrolysis) is 1. The van der Waals surface area contributed by atoms with Gasteiger partial charge in [-0.3, -0.25) is 9.59 Å². The van der Waals surface area contributed by atoms with Gasteiger partial charge in [-0.05, 0) is 74.1 Å². The van der Waals surface area contributed by atoms with Gasteiger partial charge in [0.25, 0.3) is 0 Å². The average Bonchev–Trinajstić information content (AvgIpc) is 3.80. The first kappa shape index (κ1) is 30.4. The van der Waals surface area contributed by atoms with E-state index in [0.717, 1.165) is 29.5 Å². The Labute approximate surface area is 247 Å². The number of carbonyl (C=O) groups excluding carboxylic acids is 3. The van der Waals surface area contributed by atoms with Crippen molar-refractivity contribution < 1.29 is 24.2 Å². The van der Waals surface area contributed by atoms with Crippen molar-refractivity contribution in [1.29, 1.82) is 0 Å². The number of aromatic hydroxyl groups is 1. The quantitative estimate of drug-likeness (QED) is 0.282. The molecule has 8 nitrogen and oxygen atoms in total. The van der Waals surface area contributed by atoms with Crippen molar-refractivity contribution in [2.45, 2.75) is 70.3 Å². The predicted octanol–water partition coefficient (Wildman–Crippen LogP) is 5.52. The molecule has 0 bridgehead atoms. The maximum Gasteiger partial charge on any atom is 0.408 e. The first-order valence-corrected chi connectivity index (χ1v) is 14.2. The Morgan fingerprint density at radius 1 is 1.00 bits per heavy atom. The van der Waals surface area contributed by atoms with Crippen molar-refractivity contribution in [1.82, 2.24) is 15.5 Å². The summed E-state index contributed by atoms with van der Waals surface area (Å²) in [6.45, 7) is 9.41. The summed E-state index contributed by atoms with van der Waals surface area (Å²) in [4.78, 5) is 42.9. The van der Waals surface area contributed by atoms with E-state index >= 15 is 0 Å². The van der Waals surface area contributed by atoms with E-state index in [0.29, 0.717) is 12.1 Å². The molecule has 8 heteroatoms. The van der Waals surface area contributed by atoms with E-state index in [2.05, 4.69) is 17.2 Å². The number of phenols is 1. The van der Waals surface area contributed by atoms with Gasteiger partial charge < -0.3 is 25.4 Å². The van der Waals surface area contributed by atoms with Gasteiger partial charge in [0.05, 0.1) is 0 Å². The molecule has 3 amide bonds. The second kappa shape index (κ2) is 13.4. The third-order valence-corrected chi connectivity index (χ3v) is 6.86. The standard InChI is InChI=1S/C34H39N3O5/c1-5-23-12-9-13-26(20-23)30(31(39)35-22-25-10-7-6-8-11-25)37(27-16-17-27)32(40)29(36-33(41)42-34(2,3)4)21-24-14-18-28(38)19-15-24/h5-15,18-20,27,29-30,38H,1,16-17,21-22H2,2-4H3,(H,35,39)(H,36,41). The Balaban J connectivity index is 1.70. The maximum atomic E-state index is 14.5. The second-order valence-electron chi connectivity index (χ2n) is 11.5. The molecular formula is C34H39N3O5. The van der Waals surface area contributed by atoms with Crippen LogP contribution in [0.25, 0.3) is 6.08 Å². The molecule has 220 valence electrons. The van der Waals surface area contributed by atoms with Crippen LogP contribution in [0.3, 0.4) is 0 Å². The van der Waals surface area contributed by atoms with Gasteiger partial charge in [0.15, 0.2) is 0 Å². The van der Waals surface area contributed by atoms with E-state index in [4.69, 9.17) is 4.74 Å². The molecule has 1 saturated carbocycles. The number of nitrogens with one attached hydrogen (secondary N) is 2. The molecule has 1 aliphatic rings. The third-order valence-electron chi connectivity index (χ3n) is 6.86. The van der Waals surface area contributed by atoms with E-state index in [1.165, 1.54) is 12.1 Å². The van der Waals surface area contributed by atoms with Crippen LogP contribution >= 0.6 is 0 Å². The highest BCUT2D eigenvalue weighted by Gasteiger charge is 2.44. The van der Waals surface area contributed by atoms with Crippen molar-refractivity contribution in [3.63, 3.8) is 0 Å². The number of ether oxygens (including phenoxy) is 1. The fourth-order valence-corrected chi connectivity index (χ4v) is 4.74. The Hall–Kier alpha value is -4.59. The summed E-state index contributed by atoms with van der Waals surface area (Å²) in [6, 6.07) is 21.3. The molecule has 3 N–H and O–H groups in total. The Kier molecular flexibility index (Phi) is 9.68. The topological polar surface area (TPSA) is 108 Å². The minimum Gasteiger partial charge on any atom is -0.508 e. The summed E-state index contributed by atoms with van der Waals surface area (Å²) >= 11 is 0. The van der Waals surface area contributed by atoms with Crippen molar-refractivity contribution in [3.05, 3.63) is 108 Å². The molecule has 0 heterocycles. The van der Waals surface area contributed by atoms with Crippen LogP contribution in [0, 0.1) is 0 Å². The lowest BCUT2D eigenvalue weighted by molar-refractivity contribution is -0.143. The van der Waals surface area contributed by atoms with E-state index < -0.39 is 23.8 Å². The second-order valence-corrected chi connectivity index (χ2v) is 11.5. The Bertz CT molecular complexity index is 1390. The van der Waals surface area contributed by atoms with Crippen LogP contribution in [0.15, 0.2) is 85.4 Å². The summed E-state index contributed by atoms with van der Waals surface area (Å²) < 4.78 is 5.49. The zero-order chi connectivity index (χ0) is 30.3. The molecular weight excluding hydrogens is 530 g/mol. The van der Waals surface area contributed by atoms with Gasteiger partial charge >= 0.3 is 6.09 Å².